The van der Waals surface area contributed by atoms with E-state index < -0.39 is 25.8 Å². The molecule has 2 aromatic rings. The lowest BCUT2D eigenvalue weighted by atomic mass is 9.78. The summed E-state index contributed by atoms with van der Waals surface area (Å²) in [6.07, 6.45) is 0.599. The Labute approximate surface area is 229 Å². The van der Waals surface area contributed by atoms with Gasteiger partial charge < -0.3 is 23.8 Å². The van der Waals surface area contributed by atoms with Crippen LogP contribution in [0.25, 0.3) is 0 Å². The van der Waals surface area contributed by atoms with Gasteiger partial charge in [-0.25, -0.2) is 0 Å². The summed E-state index contributed by atoms with van der Waals surface area (Å²) in [4.78, 5) is 12.5. The molecule has 0 spiro atoms. The van der Waals surface area contributed by atoms with E-state index in [1.807, 2.05) is 48.5 Å². The van der Waals surface area contributed by atoms with Gasteiger partial charge in [-0.15, -0.1) is 0 Å². The molecule has 0 aromatic heterocycles. The van der Waals surface area contributed by atoms with Crippen molar-refractivity contribution < 1.29 is 27.9 Å². The fraction of sp³-hybridized carbons (Fsp3) is 0.567. The molecule has 2 rings (SSSR count). The molecule has 7 nitrogen and oxygen atoms in total. The van der Waals surface area contributed by atoms with Crippen molar-refractivity contribution in [3.63, 3.8) is 0 Å². The van der Waals surface area contributed by atoms with Crippen LogP contribution in [0.15, 0.2) is 60.7 Å². The summed E-state index contributed by atoms with van der Waals surface area (Å²) in [6.45, 7) is 10.3. The standard InChI is InChI=1S/C30H46NO6P/c1-7-23(4)27(20-25-16-12-10-13-17-25)30(35-21-26-18-14-11-15-19-26)29(31-24(5)32)28(34-6)22-38(33,36-8-2)37-9-3/h10-19,23,27-30H,7-9,20-22H2,1-6H3,(H,31,32). The maximum absolute atomic E-state index is 13.5. The van der Waals surface area contributed by atoms with Crippen molar-refractivity contribution >= 4 is 13.5 Å². The topological polar surface area (TPSA) is 83.1 Å². The van der Waals surface area contributed by atoms with Gasteiger partial charge in [0.2, 0.25) is 5.91 Å². The van der Waals surface area contributed by atoms with Crippen LogP contribution in [0.1, 0.15) is 52.2 Å². The van der Waals surface area contributed by atoms with Crippen LogP contribution in [-0.4, -0.2) is 50.6 Å². The highest BCUT2D eigenvalue weighted by Crippen LogP contribution is 2.49. The van der Waals surface area contributed by atoms with Crippen molar-refractivity contribution in [3.05, 3.63) is 71.8 Å². The van der Waals surface area contributed by atoms with Crippen LogP contribution >= 0.6 is 7.60 Å². The van der Waals surface area contributed by atoms with Crippen LogP contribution in [0.4, 0.5) is 0 Å². The van der Waals surface area contributed by atoms with Crippen molar-refractivity contribution in [3.8, 4) is 0 Å². The van der Waals surface area contributed by atoms with Crippen molar-refractivity contribution in [2.75, 3.05) is 26.5 Å². The second kappa shape index (κ2) is 16.8. The van der Waals surface area contributed by atoms with Gasteiger partial charge >= 0.3 is 7.60 Å². The third kappa shape index (κ3) is 10.3. The summed E-state index contributed by atoms with van der Waals surface area (Å²) in [5.74, 6) is 0.102. The Bertz CT molecular complexity index is 963. The second-order valence-electron chi connectivity index (χ2n) is 9.63. The number of hydrogen-bond acceptors (Lipinski definition) is 6. The third-order valence-corrected chi connectivity index (χ3v) is 8.99. The van der Waals surface area contributed by atoms with Crippen molar-refractivity contribution in [1.29, 1.82) is 0 Å². The van der Waals surface area contributed by atoms with Crippen molar-refractivity contribution in [2.45, 2.75) is 72.3 Å². The van der Waals surface area contributed by atoms with E-state index in [0.29, 0.717) is 6.61 Å². The molecule has 5 unspecified atom stereocenters. The summed E-state index contributed by atoms with van der Waals surface area (Å²) in [6, 6.07) is 19.7. The third-order valence-electron chi connectivity index (χ3n) is 6.88. The van der Waals surface area contributed by atoms with Crippen LogP contribution in [0.3, 0.4) is 0 Å². The highest BCUT2D eigenvalue weighted by Gasteiger charge is 2.42. The molecule has 0 aliphatic rings. The molecular formula is C30H46NO6P. The Hall–Kier alpha value is -2.02. The largest absolute Gasteiger partial charge is 0.379 e. The van der Waals surface area contributed by atoms with Gasteiger partial charge in [0.25, 0.3) is 0 Å². The summed E-state index contributed by atoms with van der Waals surface area (Å²) < 4.78 is 37.4. The highest BCUT2D eigenvalue weighted by molar-refractivity contribution is 7.53. The average molecular weight is 548 g/mol. The molecular weight excluding hydrogens is 501 g/mol. The van der Waals surface area contributed by atoms with Crippen LogP contribution in [0.2, 0.25) is 0 Å². The molecule has 0 fully saturated rings. The minimum Gasteiger partial charge on any atom is -0.379 e. The van der Waals surface area contributed by atoms with Gasteiger partial charge in [-0.3, -0.25) is 9.36 Å². The smallest absolute Gasteiger partial charge is 0.333 e. The van der Waals surface area contributed by atoms with Crippen LogP contribution in [0, 0.1) is 11.8 Å². The van der Waals surface area contributed by atoms with Gasteiger partial charge in [0, 0.05) is 14.0 Å². The summed E-state index contributed by atoms with van der Waals surface area (Å²) >= 11 is 0. The number of benzene rings is 2. The van der Waals surface area contributed by atoms with Crippen LogP contribution < -0.4 is 5.32 Å². The predicted molar refractivity (Wildman–Crippen MR) is 152 cm³/mol. The molecule has 1 amide bonds. The molecule has 2 aromatic carbocycles. The first kappa shape index (κ1) is 32.2. The summed E-state index contributed by atoms with van der Waals surface area (Å²) in [5, 5.41) is 3.10. The number of methoxy groups -OCH3 is 1. The number of carbonyl (C=O) groups excluding carboxylic acids is 1. The van der Waals surface area contributed by atoms with E-state index in [2.05, 4.69) is 31.3 Å². The zero-order valence-electron chi connectivity index (χ0n) is 23.8. The molecule has 0 heterocycles. The fourth-order valence-corrected chi connectivity index (χ4v) is 6.69. The lowest BCUT2D eigenvalue weighted by molar-refractivity contribution is -0.125. The molecule has 5 atom stereocenters. The van der Waals surface area contributed by atoms with Gasteiger partial charge in [0.05, 0.1) is 44.2 Å². The first-order valence-electron chi connectivity index (χ1n) is 13.6. The molecule has 0 aliphatic carbocycles. The number of carbonyl (C=O) groups is 1. The highest BCUT2D eigenvalue weighted by atomic mass is 31.2. The van der Waals surface area contributed by atoms with E-state index in [9.17, 15) is 9.36 Å². The summed E-state index contributed by atoms with van der Waals surface area (Å²) in [5.41, 5.74) is 2.22. The summed E-state index contributed by atoms with van der Waals surface area (Å²) in [7, 11) is -1.90. The van der Waals surface area contributed by atoms with E-state index in [1.54, 1.807) is 21.0 Å². The van der Waals surface area contributed by atoms with Gasteiger partial charge in [-0.05, 0) is 43.2 Å². The number of nitrogens with one attached hydrogen (secondary N) is 1. The van der Waals surface area contributed by atoms with E-state index in [-0.39, 0.29) is 37.1 Å². The van der Waals surface area contributed by atoms with E-state index >= 15 is 0 Å². The molecule has 0 aliphatic heterocycles. The lowest BCUT2D eigenvalue weighted by Gasteiger charge is -2.40. The molecule has 8 heteroatoms. The first-order valence-corrected chi connectivity index (χ1v) is 15.4. The predicted octanol–water partition coefficient (Wildman–Crippen LogP) is 6.26. The Morgan fingerprint density at radius 2 is 1.47 bits per heavy atom. The zero-order chi connectivity index (χ0) is 28.0. The Kier molecular flexibility index (Phi) is 14.3. The second-order valence-corrected chi connectivity index (χ2v) is 11.7. The lowest BCUT2D eigenvalue weighted by Crippen LogP contribution is -2.56. The minimum absolute atomic E-state index is 0.000113. The molecule has 0 radical (unpaired) electrons. The molecule has 1 N–H and O–H groups in total. The fourth-order valence-electron chi connectivity index (χ4n) is 4.80. The van der Waals surface area contributed by atoms with E-state index in [4.69, 9.17) is 18.5 Å². The number of ether oxygens (including phenoxy) is 2. The van der Waals surface area contributed by atoms with Gasteiger partial charge in [-0.1, -0.05) is 80.9 Å². The zero-order valence-corrected chi connectivity index (χ0v) is 24.7. The maximum Gasteiger partial charge on any atom is 0.333 e. The monoisotopic (exact) mass is 547 g/mol. The average Bonchev–Trinajstić information content (AvgIpc) is 2.91. The Balaban J connectivity index is 2.54. The first-order chi connectivity index (χ1) is 18.3. The maximum atomic E-state index is 13.5. The van der Waals surface area contributed by atoms with E-state index in [0.717, 1.165) is 18.4 Å². The van der Waals surface area contributed by atoms with Gasteiger partial charge in [0.15, 0.2) is 0 Å². The SMILES string of the molecule is CCOP(=O)(CC(OC)C(NC(C)=O)C(OCc1ccccc1)C(Cc1ccccc1)C(C)CC)OCC. The quantitative estimate of drug-likeness (QED) is 0.222. The van der Waals surface area contributed by atoms with E-state index in [1.165, 1.54) is 12.5 Å². The van der Waals surface area contributed by atoms with Gasteiger partial charge in [-0.2, -0.15) is 0 Å². The number of hydrogen-bond donors (Lipinski definition) is 1. The Morgan fingerprint density at radius 3 is 1.95 bits per heavy atom. The molecule has 212 valence electrons. The number of amides is 1. The van der Waals surface area contributed by atoms with Crippen molar-refractivity contribution in [2.24, 2.45) is 11.8 Å². The Morgan fingerprint density at radius 1 is 0.921 bits per heavy atom. The molecule has 38 heavy (non-hydrogen) atoms. The molecule has 0 saturated heterocycles. The van der Waals surface area contributed by atoms with Gasteiger partial charge in [0.1, 0.15) is 0 Å². The van der Waals surface area contributed by atoms with Crippen molar-refractivity contribution in [1.82, 2.24) is 5.32 Å². The molecule has 0 saturated carbocycles. The molecule has 0 bridgehead atoms. The minimum atomic E-state index is -3.47. The van der Waals surface area contributed by atoms with Crippen LogP contribution in [0.5, 0.6) is 0 Å². The van der Waals surface area contributed by atoms with Crippen LogP contribution in [-0.2, 0) is 40.9 Å². The normalized spacial score (nSPS) is 15.8. The number of rotatable bonds is 18.